The summed E-state index contributed by atoms with van der Waals surface area (Å²) < 4.78 is 17.9. The van der Waals surface area contributed by atoms with Gasteiger partial charge in [0, 0.05) is 0 Å². The average Bonchev–Trinajstić information content (AvgIpc) is 3.00. The topological polar surface area (TPSA) is 78.9 Å². The fraction of sp³-hybridized carbons (Fsp3) is 0.364. The van der Waals surface area contributed by atoms with Gasteiger partial charge in [0.05, 0.1) is 19.8 Å². The van der Waals surface area contributed by atoms with Gasteiger partial charge in [0.2, 0.25) is 0 Å². The lowest BCUT2D eigenvalue weighted by Crippen LogP contribution is -2.04. The number of fused-ring (bicyclic) bond motifs is 3. The Labute approximate surface area is 233 Å². The van der Waals surface area contributed by atoms with Crippen LogP contribution in [-0.2, 0) is 33.6 Å². The molecule has 4 rings (SSSR count). The predicted octanol–water partition coefficient (Wildman–Crippen LogP) is 6.34. The smallest absolute Gasteiger partial charge is 0.161 e. The summed E-state index contributed by atoms with van der Waals surface area (Å²) in [5.74, 6) is 2.64. The largest absolute Gasteiger partial charge is 0.494 e. The summed E-state index contributed by atoms with van der Waals surface area (Å²) in [6, 6.07) is 13.7. The van der Waals surface area contributed by atoms with Crippen molar-refractivity contribution in [3.8, 4) is 17.2 Å². The van der Waals surface area contributed by atoms with Crippen LogP contribution in [0.4, 0.5) is 0 Å². The van der Waals surface area contributed by atoms with Gasteiger partial charge in [0.15, 0.2) is 11.5 Å². The Morgan fingerprint density at radius 2 is 0.718 bits per heavy atom. The Kier molecular flexibility index (Phi) is 14.3. The molecule has 0 amide bonds. The fourth-order valence-electron chi connectivity index (χ4n) is 4.82. The second-order valence-electron chi connectivity index (χ2n) is 8.99. The van der Waals surface area contributed by atoms with E-state index in [9.17, 15) is 0 Å². The van der Waals surface area contributed by atoms with E-state index in [1.807, 2.05) is 41.1 Å². The first-order valence-corrected chi connectivity index (χ1v) is 13.1. The minimum absolute atomic E-state index is 0.616. The summed E-state index contributed by atoms with van der Waals surface area (Å²) in [6.45, 7) is 20.6. The van der Waals surface area contributed by atoms with E-state index in [-0.39, 0.29) is 0 Å². The van der Waals surface area contributed by atoms with E-state index in [2.05, 4.69) is 57.2 Å². The molecular formula is C33H42O6. The SMILES string of the molecule is C=O.C=O.C=O.CCOc1cc2c(cc1C)Cc1cc(C)c(C)cc1Cc1cc(OCC)c(OCC)cc1C2. The zero-order chi connectivity index (χ0) is 29.5. The van der Waals surface area contributed by atoms with E-state index in [0.717, 1.165) is 36.5 Å². The first kappa shape index (κ1) is 33.1. The highest BCUT2D eigenvalue weighted by Crippen LogP contribution is 2.37. The zero-order valence-corrected chi connectivity index (χ0v) is 24.3. The summed E-state index contributed by atoms with van der Waals surface area (Å²) >= 11 is 0. The molecule has 0 spiro atoms. The van der Waals surface area contributed by atoms with Crippen molar-refractivity contribution in [3.63, 3.8) is 0 Å². The number of aryl methyl sites for hydroxylation is 3. The molecule has 0 saturated heterocycles. The minimum Gasteiger partial charge on any atom is -0.494 e. The van der Waals surface area contributed by atoms with Crippen molar-refractivity contribution in [2.75, 3.05) is 19.8 Å². The van der Waals surface area contributed by atoms with E-state index in [4.69, 9.17) is 28.6 Å². The van der Waals surface area contributed by atoms with Gasteiger partial charge in [-0.3, -0.25) is 0 Å². The Morgan fingerprint density at radius 1 is 0.462 bits per heavy atom. The molecule has 0 aromatic heterocycles. The van der Waals surface area contributed by atoms with Gasteiger partial charge < -0.3 is 28.6 Å². The lowest BCUT2D eigenvalue weighted by atomic mass is 9.91. The highest BCUT2D eigenvalue weighted by Gasteiger charge is 2.20. The molecule has 3 aromatic carbocycles. The van der Waals surface area contributed by atoms with Crippen LogP contribution in [0.3, 0.4) is 0 Å². The quantitative estimate of drug-likeness (QED) is 0.287. The minimum atomic E-state index is 0.616. The van der Waals surface area contributed by atoms with Gasteiger partial charge in [0.25, 0.3) is 0 Å². The second kappa shape index (κ2) is 16.8. The highest BCUT2D eigenvalue weighted by atomic mass is 16.5. The molecule has 0 heterocycles. The number of hydrogen-bond acceptors (Lipinski definition) is 6. The van der Waals surface area contributed by atoms with Crippen LogP contribution in [-0.4, -0.2) is 40.2 Å². The third-order valence-electron chi connectivity index (χ3n) is 6.62. The molecule has 0 N–H and O–H groups in total. The van der Waals surface area contributed by atoms with Crippen LogP contribution in [0.2, 0.25) is 0 Å². The van der Waals surface area contributed by atoms with Gasteiger partial charge in [-0.25, -0.2) is 0 Å². The van der Waals surface area contributed by atoms with Crippen LogP contribution in [0.5, 0.6) is 17.2 Å². The molecule has 0 saturated carbocycles. The van der Waals surface area contributed by atoms with E-state index in [0.29, 0.717) is 19.8 Å². The van der Waals surface area contributed by atoms with E-state index >= 15 is 0 Å². The molecule has 0 bridgehead atoms. The van der Waals surface area contributed by atoms with Crippen molar-refractivity contribution in [1.82, 2.24) is 0 Å². The van der Waals surface area contributed by atoms with Crippen LogP contribution >= 0.6 is 0 Å². The van der Waals surface area contributed by atoms with Crippen LogP contribution in [0.15, 0.2) is 36.4 Å². The van der Waals surface area contributed by atoms with Crippen LogP contribution in [0, 0.1) is 20.8 Å². The molecule has 0 aliphatic heterocycles. The van der Waals surface area contributed by atoms with Crippen molar-refractivity contribution >= 4 is 20.4 Å². The number of carbonyl (C=O) groups excluding carboxylic acids is 3. The maximum Gasteiger partial charge on any atom is 0.161 e. The third-order valence-corrected chi connectivity index (χ3v) is 6.62. The molecule has 3 aromatic rings. The van der Waals surface area contributed by atoms with Crippen molar-refractivity contribution in [2.24, 2.45) is 0 Å². The van der Waals surface area contributed by atoms with Gasteiger partial charge in [-0.2, -0.15) is 0 Å². The molecule has 0 radical (unpaired) electrons. The lowest BCUT2D eigenvalue weighted by Gasteiger charge is -2.18. The summed E-state index contributed by atoms with van der Waals surface area (Å²) in [4.78, 5) is 24.0. The van der Waals surface area contributed by atoms with Gasteiger partial charge in [-0.05, 0) is 129 Å². The third kappa shape index (κ3) is 8.28. The highest BCUT2D eigenvalue weighted by molar-refractivity contribution is 5.55. The predicted molar refractivity (Wildman–Crippen MR) is 157 cm³/mol. The number of rotatable bonds is 6. The maximum absolute atomic E-state index is 8.00. The Hall–Kier alpha value is -3.93. The fourth-order valence-corrected chi connectivity index (χ4v) is 4.82. The van der Waals surface area contributed by atoms with Crippen molar-refractivity contribution in [1.29, 1.82) is 0 Å². The Balaban J connectivity index is 0.00000119. The normalized spacial score (nSPS) is 10.9. The van der Waals surface area contributed by atoms with Crippen LogP contribution in [0.25, 0.3) is 0 Å². The molecule has 6 heteroatoms. The summed E-state index contributed by atoms with van der Waals surface area (Å²) in [6.07, 6.45) is 2.68. The summed E-state index contributed by atoms with van der Waals surface area (Å²) in [5.41, 5.74) is 12.0. The molecular weight excluding hydrogens is 492 g/mol. The maximum atomic E-state index is 8.00. The Morgan fingerprint density at radius 3 is 1.05 bits per heavy atom. The van der Waals surface area contributed by atoms with Crippen molar-refractivity contribution < 1.29 is 28.6 Å². The van der Waals surface area contributed by atoms with Crippen LogP contribution < -0.4 is 14.2 Å². The standard InChI is InChI=1S/C30H36O3.3CH2O/c1-7-31-28-16-25-15-27-18-30(33-9-3)29(32-8-2)17-26(27)14-23-11-20(5)19(4)10-22(23)13-24(25)12-21(28)6;3*1-2/h10-12,16-18H,7-9,13-15H2,1-6H3;3*1H2. The van der Waals surface area contributed by atoms with Crippen LogP contribution in [0.1, 0.15) is 70.8 Å². The first-order chi connectivity index (χ1) is 18.9. The molecule has 0 atom stereocenters. The molecule has 210 valence electrons. The molecule has 1 aliphatic carbocycles. The van der Waals surface area contributed by atoms with E-state index in [1.54, 1.807) is 0 Å². The number of ether oxygens (including phenoxy) is 3. The number of hydrogen-bond donors (Lipinski definition) is 0. The van der Waals surface area contributed by atoms with Gasteiger partial charge in [0.1, 0.15) is 26.1 Å². The second-order valence-corrected chi connectivity index (χ2v) is 8.99. The van der Waals surface area contributed by atoms with Gasteiger partial charge >= 0.3 is 0 Å². The first-order valence-electron chi connectivity index (χ1n) is 13.1. The zero-order valence-electron chi connectivity index (χ0n) is 24.3. The summed E-state index contributed by atoms with van der Waals surface area (Å²) in [5, 5.41) is 0. The van der Waals surface area contributed by atoms with Gasteiger partial charge in [-0.15, -0.1) is 0 Å². The molecule has 39 heavy (non-hydrogen) atoms. The summed E-state index contributed by atoms with van der Waals surface area (Å²) in [7, 11) is 0. The molecule has 1 aliphatic rings. The molecule has 0 fully saturated rings. The van der Waals surface area contributed by atoms with Gasteiger partial charge in [-0.1, -0.05) is 18.2 Å². The Bertz CT molecular complexity index is 1210. The number of benzene rings is 3. The van der Waals surface area contributed by atoms with Crippen molar-refractivity contribution in [2.45, 2.75) is 60.8 Å². The average molecular weight is 535 g/mol. The van der Waals surface area contributed by atoms with E-state index in [1.165, 1.54) is 50.1 Å². The lowest BCUT2D eigenvalue weighted by molar-refractivity contribution is -0.0987. The van der Waals surface area contributed by atoms with Crippen molar-refractivity contribution in [3.05, 3.63) is 86.5 Å². The van der Waals surface area contributed by atoms with E-state index < -0.39 is 0 Å². The molecule has 6 nitrogen and oxygen atoms in total. The monoisotopic (exact) mass is 534 g/mol. The number of carbonyl (C=O) groups is 3. The molecule has 0 unspecified atom stereocenters.